The SMILES string of the molecule is Cc1cc(C(F)(C(F)(F)F)C(F)(F)F)cc(C)c1NC(=O)c1cccc(N(C)C(=O)c2cccnc2Cl)c1F. The summed E-state index contributed by atoms with van der Waals surface area (Å²) in [6, 6.07) is 6.87. The van der Waals surface area contributed by atoms with Gasteiger partial charge in [0.25, 0.3) is 11.8 Å². The number of anilines is 2. The highest BCUT2D eigenvalue weighted by atomic mass is 35.5. The molecule has 1 N–H and O–H groups in total. The molecule has 1 heterocycles. The topological polar surface area (TPSA) is 62.3 Å². The summed E-state index contributed by atoms with van der Waals surface area (Å²) < 4.78 is 109. The summed E-state index contributed by atoms with van der Waals surface area (Å²) in [4.78, 5) is 30.3. The monoisotopic (exact) mass is 579 g/mol. The minimum atomic E-state index is -6.32. The average Bonchev–Trinajstić information content (AvgIpc) is 2.83. The van der Waals surface area contributed by atoms with Crippen molar-refractivity contribution in [3.05, 3.63) is 87.4 Å². The third-order valence-corrected chi connectivity index (χ3v) is 6.13. The van der Waals surface area contributed by atoms with Gasteiger partial charge in [-0.15, -0.1) is 0 Å². The summed E-state index contributed by atoms with van der Waals surface area (Å²) in [6.07, 6.45) is -11.3. The standard InChI is InChI=1S/C25H18ClF8N3O2/c1-12-10-14(23(28,24(29,30)31)25(32,33)34)11-13(2)19(12)36-21(38)15-6-4-8-17(18(15)27)37(3)22(39)16-7-5-9-35-20(16)26/h4-11H,1-3H3,(H,36,38). The maximum absolute atomic E-state index is 15.3. The van der Waals surface area contributed by atoms with Crippen molar-refractivity contribution in [2.45, 2.75) is 31.9 Å². The van der Waals surface area contributed by atoms with E-state index in [1.54, 1.807) is 0 Å². The predicted octanol–water partition coefficient (Wildman–Crippen LogP) is 7.31. The summed E-state index contributed by atoms with van der Waals surface area (Å²) in [5.41, 5.74) is -9.32. The second-order valence-electron chi connectivity index (χ2n) is 8.44. The summed E-state index contributed by atoms with van der Waals surface area (Å²) >= 11 is 5.92. The Morgan fingerprint density at radius 2 is 1.44 bits per heavy atom. The summed E-state index contributed by atoms with van der Waals surface area (Å²) in [7, 11) is 1.21. The van der Waals surface area contributed by atoms with Crippen LogP contribution in [0.1, 0.15) is 37.4 Å². The molecule has 39 heavy (non-hydrogen) atoms. The summed E-state index contributed by atoms with van der Waals surface area (Å²) in [6.45, 7) is 2.10. The van der Waals surface area contributed by atoms with Gasteiger partial charge in [-0.05, 0) is 49.2 Å². The molecule has 2 aromatic carbocycles. The molecular weight excluding hydrogens is 562 g/mol. The molecule has 0 saturated heterocycles. The number of nitrogens with zero attached hydrogens (tertiary/aromatic N) is 2. The van der Waals surface area contributed by atoms with Crippen molar-refractivity contribution in [2.24, 2.45) is 0 Å². The maximum atomic E-state index is 15.3. The molecule has 0 aliphatic carbocycles. The van der Waals surface area contributed by atoms with Crippen molar-refractivity contribution in [3.63, 3.8) is 0 Å². The molecule has 0 fully saturated rings. The highest BCUT2D eigenvalue weighted by Crippen LogP contribution is 2.53. The molecular formula is C25H18ClF8N3O2. The van der Waals surface area contributed by atoms with Crippen LogP contribution in [0.25, 0.3) is 0 Å². The van der Waals surface area contributed by atoms with Crippen LogP contribution in [-0.4, -0.2) is 36.2 Å². The lowest BCUT2D eigenvalue weighted by molar-refractivity contribution is -0.348. The first kappa shape index (κ1) is 29.8. The number of aryl methyl sites for hydroxylation is 2. The molecule has 0 unspecified atom stereocenters. The molecule has 3 rings (SSSR count). The minimum Gasteiger partial charge on any atom is -0.321 e. The van der Waals surface area contributed by atoms with Gasteiger partial charge < -0.3 is 10.2 Å². The van der Waals surface area contributed by atoms with Gasteiger partial charge in [-0.25, -0.2) is 13.8 Å². The molecule has 0 aliphatic rings. The Kier molecular flexibility index (Phi) is 7.98. The highest BCUT2D eigenvalue weighted by molar-refractivity contribution is 6.33. The van der Waals surface area contributed by atoms with Gasteiger partial charge in [-0.1, -0.05) is 29.8 Å². The van der Waals surface area contributed by atoms with E-state index in [-0.39, 0.29) is 33.2 Å². The van der Waals surface area contributed by atoms with Crippen LogP contribution in [0, 0.1) is 19.7 Å². The van der Waals surface area contributed by atoms with Crippen molar-refractivity contribution >= 4 is 34.8 Å². The Labute approximate surface area is 221 Å². The Hall–Kier alpha value is -3.74. The van der Waals surface area contributed by atoms with Crippen LogP contribution in [0.5, 0.6) is 0 Å². The number of hydrogen-bond donors (Lipinski definition) is 1. The van der Waals surface area contributed by atoms with Gasteiger partial charge in [0.05, 0.1) is 16.8 Å². The van der Waals surface area contributed by atoms with Gasteiger partial charge in [0, 0.05) is 24.5 Å². The van der Waals surface area contributed by atoms with E-state index in [2.05, 4.69) is 10.3 Å². The third-order valence-electron chi connectivity index (χ3n) is 5.83. The predicted molar refractivity (Wildman–Crippen MR) is 127 cm³/mol. The van der Waals surface area contributed by atoms with Crippen molar-refractivity contribution in [3.8, 4) is 0 Å². The van der Waals surface area contributed by atoms with E-state index in [0.717, 1.165) is 24.8 Å². The first-order chi connectivity index (χ1) is 17.9. The van der Waals surface area contributed by atoms with Crippen LogP contribution >= 0.6 is 11.6 Å². The van der Waals surface area contributed by atoms with E-state index in [9.17, 15) is 40.3 Å². The number of alkyl halides is 7. The second-order valence-corrected chi connectivity index (χ2v) is 8.80. The van der Waals surface area contributed by atoms with Crippen molar-refractivity contribution in [1.29, 1.82) is 0 Å². The second kappa shape index (κ2) is 10.4. The minimum absolute atomic E-state index is 0.0519. The van der Waals surface area contributed by atoms with Gasteiger partial charge in [0.2, 0.25) is 0 Å². The van der Waals surface area contributed by atoms with Crippen LogP contribution < -0.4 is 10.2 Å². The van der Waals surface area contributed by atoms with Gasteiger partial charge >= 0.3 is 18.0 Å². The highest BCUT2D eigenvalue weighted by Gasteiger charge is 2.73. The summed E-state index contributed by atoms with van der Waals surface area (Å²) in [5.74, 6) is -3.04. The van der Waals surface area contributed by atoms with E-state index in [1.165, 1.54) is 37.5 Å². The quantitative estimate of drug-likeness (QED) is 0.255. The third kappa shape index (κ3) is 5.40. The molecule has 1 aromatic heterocycles. The number of nitrogens with one attached hydrogen (secondary N) is 1. The number of halogens is 9. The fourth-order valence-electron chi connectivity index (χ4n) is 3.82. The zero-order chi connectivity index (χ0) is 29.5. The lowest BCUT2D eigenvalue weighted by Crippen LogP contribution is -2.50. The van der Waals surface area contributed by atoms with Gasteiger partial charge in [0.1, 0.15) is 5.15 Å². The number of carbonyl (C=O) groups excluding carboxylic acids is 2. The first-order valence-electron chi connectivity index (χ1n) is 10.8. The van der Waals surface area contributed by atoms with Gasteiger partial charge in [0.15, 0.2) is 5.82 Å². The number of amides is 2. The smallest absolute Gasteiger partial charge is 0.321 e. The van der Waals surface area contributed by atoms with E-state index in [1.807, 2.05) is 0 Å². The number of rotatable bonds is 5. The lowest BCUT2D eigenvalue weighted by Gasteiger charge is -2.31. The van der Waals surface area contributed by atoms with E-state index in [4.69, 9.17) is 11.6 Å². The largest absolute Gasteiger partial charge is 0.435 e. The first-order valence-corrected chi connectivity index (χ1v) is 11.2. The molecule has 0 atom stereocenters. The van der Waals surface area contributed by atoms with E-state index >= 15 is 4.39 Å². The van der Waals surface area contributed by atoms with Crippen LogP contribution in [0.3, 0.4) is 0 Å². The molecule has 0 radical (unpaired) electrons. The number of pyridine rings is 1. The van der Waals surface area contributed by atoms with Gasteiger partial charge in [-0.3, -0.25) is 9.59 Å². The number of aromatic nitrogens is 1. The molecule has 14 heteroatoms. The fourth-order valence-corrected chi connectivity index (χ4v) is 4.02. The molecule has 208 valence electrons. The molecule has 2 amide bonds. The zero-order valence-electron chi connectivity index (χ0n) is 20.2. The summed E-state index contributed by atoms with van der Waals surface area (Å²) in [5, 5.41) is 2.08. The van der Waals surface area contributed by atoms with Crippen molar-refractivity contribution in [2.75, 3.05) is 17.3 Å². The number of hydrogen-bond acceptors (Lipinski definition) is 3. The normalized spacial score (nSPS) is 12.3. The molecule has 3 aromatic rings. The molecule has 0 aliphatic heterocycles. The molecule has 0 spiro atoms. The van der Waals surface area contributed by atoms with E-state index in [0.29, 0.717) is 12.1 Å². The van der Waals surface area contributed by atoms with Crippen LogP contribution in [0.15, 0.2) is 48.7 Å². The molecule has 0 bridgehead atoms. The van der Waals surface area contributed by atoms with Crippen molar-refractivity contribution in [1.82, 2.24) is 4.98 Å². The van der Waals surface area contributed by atoms with Crippen LogP contribution in [-0.2, 0) is 5.67 Å². The van der Waals surface area contributed by atoms with E-state index < -0.39 is 46.8 Å². The fraction of sp³-hybridized carbons (Fsp3) is 0.240. The molecule has 0 saturated carbocycles. The lowest BCUT2D eigenvalue weighted by atomic mass is 9.90. The van der Waals surface area contributed by atoms with Gasteiger partial charge in [-0.2, -0.15) is 26.3 Å². The van der Waals surface area contributed by atoms with Crippen LogP contribution in [0.4, 0.5) is 46.5 Å². The number of benzene rings is 2. The maximum Gasteiger partial charge on any atom is 0.435 e. The Morgan fingerprint density at radius 1 is 0.897 bits per heavy atom. The van der Waals surface area contributed by atoms with Crippen molar-refractivity contribution < 1.29 is 44.7 Å². The average molecular weight is 580 g/mol. The molecule has 5 nitrogen and oxygen atoms in total. The number of carbonyl (C=O) groups is 2. The Bertz CT molecular complexity index is 1400. The van der Waals surface area contributed by atoms with Crippen LogP contribution in [0.2, 0.25) is 5.15 Å². The zero-order valence-corrected chi connectivity index (χ0v) is 21.0. The Morgan fingerprint density at radius 3 is 1.95 bits per heavy atom. The Balaban J connectivity index is 1.97.